The highest BCUT2D eigenvalue weighted by atomic mass is 16.5. The second-order valence-electron chi connectivity index (χ2n) is 4.72. The molecule has 1 atom stereocenters. The van der Waals surface area contributed by atoms with E-state index in [1.807, 2.05) is 12.5 Å². The minimum atomic E-state index is 0.167. The third-order valence-corrected chi connectivity index (χ3v) is 3.61. The maximum Gasteiger partial charge on any atom is 0.111 e. The Balaban J connectivity index is 2.04. The monoisotopic (exact) mass is 237 g/mol. The number of hydrogen-bond acceptors (Lipinski definition) is 3. The van der Waals surface area contributed by atoms with Crippen molar-refractivity contribution in [2.75, 3.05) is 19.7 Å². The third kappa shape index (κ3) is 3.07. The number of aromatic nitrogens is 2. The van der Waals surface area contributed by atoms with Crippen molar-refractivity contribution in [1.82, 2.24) is 14.9 Å². The average Bonchev–Trinajstić information content (AvgIpc) is 2.85. The van der Waals surface area contributed by atoms with Gasteiger partial charge in [0, 0.05) is 19.6 Å². The predicted molar refractivity (Wildman–Crippen MR) is 67.9 cm³/mol. The lowest BCUT2D eigenvalue weighted by Crippen LogP contribution is -2.34. The highest BCUT2D eigenvalue weighted by Gasteiger charge is 2.20. The summed E-state index contributed by atoms with van der Waals surface area (Å²) in [5, 5.41) is 3.37. The molecule has 0 aliphatic carbocycles. The summed E-state index contributed by atoms with van der Waals surface area (Å²) in [5.74, 6) is 0.736. The van der Waals surface area contributed by atoms with Crippen LogP contribution in [0.15, 0.2) is 12.5 Å². The van der Waals surface area contributed by atoms with E-state index in [0.29, 0.717) is 0 Å². The van der Waals surface area contributed by atoms with E-state index in [-0.39, 0.29) is 6.10 Å². The zero-order valence-corrected chi connectivity index (χ0v) is 10.9. The smallest absolute Gasteiger partial charge is 0.111 e. The Kier molecular flexibility index (Phi) is 4.57. The van der Waals surface area contributed by atoms with Crippen LogP contribution in [0.5, 0.6) is 0 Å². The fourth-order valence-corrected chi connectivity index (χ4v) is 2.33. The quantitative estimate of drug-likeness (QED) is 0.851. The molecular weight excluding hydrogens is 214 g/mol. The molecule has 0 spiro atoms. The summed E-state index contributed by atoms with van der Waals surface area (Å²) in [4.78, 5) is 4.27. The van der Waals surface area contributed by atoms with Gasteiger partial charge in [0.05, 0.1) is 24.8 Å². The molecule has 1 aliphatic rings. The van der Waals surface area contributed by atoms with Gasteiger partial charge in [-0.05, 0) is 5.92 Å². The topological polar surface area (TPSA) is 39.1 Å². The van der Waals surface area contributed by atoms with E-state index in [4.69, 9.17) is 4.74 Å². The van der Waals surface area contributed by atoms with Crippen LogP contribution in [0.1, 0.15) is 38.5 Å². The molecule has 1 aliphatic heterocycles. The first kappa shape index (κ1) is 12.6. The van der Waals surface area contributed by atoms with Gasteiger partial charge in [-0.15, -0.1) is 0 Å². The predicted octanol–water partition coefficient (Wildman–Crippen LogP) is 1.98. The lowest BCUT2D eigenvalue weighted by molar-refractivity contribution is 0.0223. The number of rotatable bonds is 5. The molecular formula is C13H23N3O. The molecule has 0 radical (unpaired) electrons. The maximum atomic E-state index is 5.79. The van der Waals surface area contributed by atoms with Crippen LogP contribution in [0.2, 0.25) is 0 Å². The van der Waals surface area contributed by atoms with E-state index in [0.717, 1.165) is 32.2 Å². The van der Waals surface area contributed by atoms with Crippen LogP contribution in [0.3, 0.4) is 0 Å². The van der Waals surface area contributed by atoms with Crippen molar-refractivity contribution in [3.05, 3.63) is 18.2 Å². The molecule has 0 saturated carbocycles. The number of morpholine rings is 1. The van der Waals surface area contributed by atoms with Crippen LogP contribution in [-0.4, -0.2) is 29.2 Å². The maximum absolute atomic E-state index is 5.79. The molecule has 1 N–H and O–H groups in total. The summed E-state index contributed by atoms with van der Waals surface area (Å²) < 4.78 is 8.05. The van der Waals surface area contributed by atoms with Gasteiger partial charge >= 0.3 is 0 Å². The Labute approximate surface area is 103 Å². The summed E-state index contributed by atoms with van der Waals surface area (Å²) in [7, 11) is 0. The number of ether oxygens (including phenoxy) is 1. The molecule has 0 amide bonds. The summed E-state index contributed by atoms with van der Waals surface area (Å²) in [6.45, 7) is 8.21. The molecule has 4 nitrogen and oxygen atoms in total. The Morgan fingerprint density at radius 3 is 3.00 bits per heavy atom. The number of imidazole rings is 1. The Morgan fingerprint density at radius 2 is 2.35 bits per heavy atom. The molecule has 0 aromatic carbocycles. The van der Waals surface area contributed by atoms with Gasteiger partial charge in [0.1, 0.15) is 6.10 Å². The van der Waals surface area contributed by atoms with Crippen molar-refractivity contribution in [2.24, 2.45) is 5.92 Å². The van der Waals surface area contributed by atoms with Crippen LogP contribution in [0.4, 0.5) is 0 Å². The van der Waals surface area contributed by atoms with E-state index in [1.54, 1.807) is 0 Å². The van der Waals surface area contributed by atoms with Crippen molar-refractivity contribution in [3.63, 3.8) is 0 Å². The fraction of sp³-hybridized carbons (Fsp3) is 0.769. The third-order valence-electron chi connectivity index (χ3n) is 3.61. The zero-order chi connectivity index (χ0) is 12.1. The Morgan fingerprint density at radius 1 is 1.53 bits per heavy atom. The van der Waals surface area contributed by atoms with Crippen molar-refractivity contribution in [2.45, 2.75) is 39.3 Å². The zero-order valence-electron chi connectivity index (χ0n) is 10.9. The van der Waals surface area contributed by atoms with Crippen molar-refractivity contribution >= 4 is 0 Å². The van der Waals surface area contributed by atoms with E-state index in [1.165, 1.54) is 18.5 Å². The Hall–Kier alpha value is -0.870. The summed E-state index contributed by atoms with van der Waals surface area (Å²) in [6.07, 6.45) is 6.49. The number of nitrogens with one attached hydrogen (secondary N) is 1. The van der Waals surface area contributed by atoms with Crippen LogP contribution in [0.25, 0.3) is 0 Å². The molecule has 1 fully saturated rings. The molecule has 4 heteroatoms. The fourth-order valence-electron chi connectivity index (χ4n) is 2.33. The van der Waals surface area contributed by atoms with Gasteiger partial charge in [0.15, 0.2) is 0 Å². The normalized spacial score (nSPS) is 21.0. The SMILES string of the molecule is CCC(CC)Cn1cncc1C1CNCCO1. The largest absolute Gasteiger partial charge is 0.369 e. The van der Waals surface area contributed by atoms with Gasteiger partial charge in [0.2, 0.25) is 0 Å². The average molecular weight is 237 g/mol. The minimum Gasteiger partial charge on any atom is -0.369 e. The molecule has 2 heterocycles. The van der Waals surface area contributed by atoms with Gasteiger partial charge < -0.3 is 14.6 Å². The van der Waals surface area contributed by atoms with Crippen LogP contribution in [0, 0.1) is 5.92 Å². The van der Waals surface area contributed by atoms with E-state index in [9.17, 15) is 0 Å². The number of nitrogens with zero attached hydrogens (tertiary/aromatic N) is 2. The molecule has 96 valence electrons. The van der Waals surface area contributed by atoms with Gasteiger partial charge in [0.25, 0.3) is 0 Å². The van der Waals surface area contributed by atoms with Crippen molar-refractivity contribution in [1.29, 1.82) is 0 Å². The van der Waals surface area contributed by atoms with E-state index >= 15 is 0 Å². The van der Waals surface area contributed by atoms with Gasteiger partial charge in [-0.2, -0.15) is 0 Å². The Bertz CT molecular complexity index is 327. The molecule has 2 rings (SSSR count). The van der Waals surface area contributed by atoms with E-state index < -0.39 is 0 Å². The van der Waals surface area contributed by atoms with Crippen LogP contribution in [-0.2, 0) is 11.3 Å². The van der Waals surface area contributed by atoms with Crippen LogP contribution < -0.4 is 5.32 Å². The molecule has 1 unspecified atom stereocenters. The molecule has 1 aromatic heterocycles. The highest BCUT2D eigenvalue weighted by molar-refractivity contribution is 5.05. The van der Waals surface area contributed by atoms with Gasteiger partial charge in [-0.25, -0.2) is 4.98 Å². The summed E-state index contributed by atoms with van der Waals surface area (Å²) in [6, 6.07) is 0. The van der Waals surface area contributed by atoms with Crippen LogP contribution >= 0.6 is 0 Å². The first-order chi connectivity index (χ1) is 8.35. The molecule has 0 bridgehead atoms. The van der Waals surface area contributed by atoms with E-state index in [2.05, 4.69) is 28.7 Å². The summed E-state index contributed by atoms with van der Waals surface area (Å²) in [5.41, 5.74) is 1.21. The first-order valence-corrected chi connectivity index (χ1v) is 6.67. The first-order valence-electron chi connectivity index (χ1n) is 6.67. The molecule has 1 saturated heterocycles. The van der Waals surface area contributed by atoms with Crippen molar-refractivity contribution in [3.8, 4) is 0 Å². The second kappa shape index (κ2) is 6.17. The summed E-state index contributed by atoms with van der Waals surface area (Å²) >= 11 is 0. The standard InChI is InChI=1S/C13H23N3O/c1-3-11(4-2)9-16-10-15-7-12(16)13-8-14-5-6-17-13/h7,10-11,13-14H,3-6,8-9H2,1-2H3. The lowest BCUT2D eigenvalue weighted by Gasteiger charge is -2.25. The second-order valence-corrected chi connectivity index (χ2v) is 4.72. The lowest BCUT2D eigenvalue weighted by atomic mass is 10.0. The van der Waals surface area contributed by atoms with Gasteiger partial charge in [-0.3, -0.25) is 0 Å². The highest BCUT2D eigenvalue weighted by Crippen LogP contribution is 2.20. The van der Waals surface area contributed by atoms with Gasteiger partial charge in [-0.1, -0.05) is 26.7 Å². The minimum absolute atomic E-state index is 0.167. The molecule has 1 aromatic rings. The molecule has 17 heavy (non-hydrogen) atoms. The van der Waals surface area contributed by atoms with Crippen molar-refractivity contribution < 1.29 is 4.74 Å². The number of hydrogen-bond donors (Lipinski definition) is 1.